The van der Waals surface area contributed by atoms with Crippen LogP contribution in [-0.2, 0) is 20.9 Å². The molecule has 4 aromatic rings. The fourth-order valence-electron chi connectivity index (χ4n) is 5.15. The number of carbonyl (C=O) groups excluding carboxylic acids is 2. The van der Waals surface area contributed by atoms with Gasteiger partial charge < -0.3 is 24.6 Å². The minimum Gasteiger partial charge on any atom is -0.497 e. The number of methoxy groups -OCH3 is 1. The van der Waals surface area contributed by atoms with E-state index in [2.05, 4.69) is 20.2 Å². The quantitative estimate of drug-likeness (QED) is 0.170. The number of aryl methyl sites for hydroxylation is 2. The Morgan fingerprint density at radius 3 is 2.31 bits per heavy atom. The third-order valence-corrected chi connectivity index (χ3v) is 8.24. The highest BCUT2D eigenvalue weighted by Gasteiger charge is 2.32. The van der Waals surface area contributed by atoms with Crippen molar-refractivity contribution in [2.45, 2.75) is 31.6 Å². The molecule has 1 unspecified atom stereocenters. The molecule has 0 bridgehead atoms. The van der Waals surface area contributed by atoms with E-state index in [1.165, 1.54) is 22.7 Å². The van der Waals surface area contributed by atoms with E-state index < -0.39 is 17.8 Å². The van der Waals surface area contributed by atoms with Gasteiger partial charge in [0.05, 0.1) is 26.1 Å². The molecule has 45 heavy (non-hydrogen) atoms. The first-order valence-electron chi connectivity index (χ1n) is 14.7. The van der Waals surface area contributed by atoms with Crippen LogP contribution in [0.15, 0.2) is 84.0 Å². The predicted octanol–water partition coefficient (Wildman–Crippen LogP) is 5.58. The molecule has 3 aromatic carbocycles. The summed E-state index contributed by atoms with van der Waals surface area (Å²) >= 11 is 1.18. The molecule has 9 nitrogen and oxygen atoms in total. The van der Waals surface area contributed by atoms with Crippen LogP contribution in [0, 0.1) is 19.7 Å². The number of thioether (sulfide) groups is 1. The number of anilines is 2. The summed E-state index contributed by atoms with van der Waals surface area (Å²) < 4.78 is 25.8. The maximum atomic E-state index is 15.0. The molecule has 0 radical (unpaired) electrons. The van der Waals surface area contributed by atoms with Crippen LogP contribution in [0.2, 0.25) is 0 Å². The minimum absolute atomic E-state index is 0.0501. The summed E-state index contributed by atoms with van der Waals surface area (Å²) in [4.78, 5) is 40.7. The summed E-state index contributed by atoms with van der Waals surface area (Å²) in [5.41, 5.74) is 4.03. The van der Waals surface area contributed by atoms with Gasteiger partial charge in [0.1, 0.15) is 17.6 Å². The number of ether oxygens (including phenoxy) is 2. The molecule has 2 heterocycles. The number of halogens is 1. The first kappa shape index (κ1) is 31.9. The van der Waals surface area contributed by atoms with E-state index in [9.17, 15) is 14.0 Å². The lowest BCUT2D eigenvalue weighted by atomic mass is 10.0. The van der Waals surface area contributed by atoms with E-state index in [1.54, 1.807) is 49.6 Å². The van der Waals surface area contributed by atoms with Crippen molar-refractivity contribution in [1.29, 1.82) is 0 Å². The van der Waals surface area contributed by atoms with Gasteiger partial charge in [0.2, 0.25) is 5.91 Å². The zero-order valence-electron chi connectivity index (χ0n) is 25.5. The molecule has 0 spiro atoms. The molecule has 1 saturated heterocycles. The van der Waals surface area contributed by atoms with Crippen LogP contribution >= 0.6 is 11.8 Å². The zero-order valence-corrected chi connectivity index (χ0v) is 26.4. The van der Waals surface area contributed by atoms with Crippen molar-refractivity contribution < 1.29 is 23.5 Å². The van der Waals surface area contributed by atoms with E-state index >= 15 is 0 Å². The second-order valence-electron chi connectivity index (χ2n) is 10.6. The maximum absolute atomic E-state index is 15.0. The van der Waals surface area contributed by atoms with Gasteiger partial charge >= 0.3 is 0 Å². The van der Waals surface area contributed by atoms with Gasteiger partial charge in [0, 0.05) is 48.0 Å². The van der Waals surface area contributed by atoms with Crippen LogP contribution in [0.5, 0.6) is 5.75 Å². The number of aromatic nitrogens is 2. The highest BCUT2D eigenvalue weighted by Crippen LogP contribution is 2.30. The monoisotopic (exact) mass is 629 g/mol. The maximum Gasteiger partial charge on any atom is 0.251 e. The van der Waals surface area contributed by atoms with Crippen molar-refractivity contribution in [3.8, 4) is 5.75 Å². The topological polar surface area (TPSA) is 96.9 Å². The van der Waals surface area contributed by atoms with Gasteiger partial charge in [-0.25, -0.2) is 14.4 Å². The Bertz CT molecular complexity index is 1590. The standard InChI is InChI=1S/C34H36FN5O4S/c1-23-20-24(2)37-34(36-23)45-22-31(41)40(21-26-6-4-5-7-30(26)35)32(25-8-14-29(43-3)15-9-25)33(42)38-27-10-12-28(13-11-27)39-16-18-44-19-17-39/h4-15,20,32H,16-19,21-22H2,1-3H3,(H,38,42). The van der Waals surface area contributed by atoms with E-state index in [1.807, 2.05) is 44.2 Å². The lowest BCUT2D eigenvalue weighted by Gasteiger charge is -2.32. The van der Waals surface area contributed by atoms with Gasteiger partial charge in [0.25, 0.3) is 5.91 Å². The normalized spacial score (nSPS) is 13.6. The molecule has 1 fully saturated rings. The van der Waals surface area contributed by atoms with Crippen LogP contribution in [0.25, 0.3) is 0 Å². The summed E-state index contributed by atoms with van der Waals surface area (Å²) in [5.74, 6) is -0.716. The number of hydrogen-bond donors (Lipinski definition) is 1. The molecule has 5 rings (SSSR count). The van der Waals surface area contributed by atoms with Gasteiger partial charge in [-0.2, -0.15) is 0 Å². The van der Waals surface area contributed by atoms with Gasteiger partial charge in [-0.1, -0.05) is 42.1 Å². The van der Waals surface area contributed by atoms with Crippen molar-refractivity contribution in [3.63, 3.8) is 0 Å². The Labute approximate surface area is 266 Å². The Balaban J connectivity index is 1.46. The summed E-state index contributed by atoms with van der Waals surface area (Å²) in [6.45, 7) is 6.53. The number of amides is 2. The van der Waals surface area contributed by atoms with E-state index in [-0.39, 0.29) is 18.2 Å². The molecule has 11 heteroatoms. The molecule has 1 N–H and O–H groups in total. The molecule has 1 aliphatic heterocycles. The zero-order chi connectivity index (χ0) is 31.8. The molecule has 1 atom stereocenters. The van der Waals surface area contributed by atoms with E-state index in [0.29, 0.717) is 40.9 Å². The van der Waals surface area contributed by atoms with Crippen LogP contribution < -0.4 is 15.0 Å². The van der Waals surface area contributed by atoms with Crippen molar-refractivity contribution in [2.24, 2.45) is 0 Å². The molecule has 234 valence electrons. The number of carbonyl (C=O) groups is 2. The van der Waals surface area contributed by atoms with E-state index in [4.69, 9.17) is 9.47 Å². The molecule has 0 saturated carbocycles. The average Bonchev–Trinajstić information content (AvgIpc) is 3.05. The second kappa shape index (κ2) is 15.0. The molecule has 1 aliphatic rings. The van der Waals surface area contributed by atoms with Crippen molar-refractivity contribution in [3.05, 3.63) is 107 Å². The first-order valence-corrected chi connectivity index (χ1v) is 15.6. The van der Waals surface area contributed by atoms with Crippen molar-refractivity contribution >= 4 is 35.0 Å². The Morgan fingerprint density at radius 1 is 1.00 bits per heavy atom. The van der Waals surface area contributed by atoms with Crippen LogP contribution in [0.3, 0.4) is 0 Å². The fourth-order valence-corrected chi connectivity index (χ4v) is 5.98. The minimum atomic E-state index is -1.08. The third kappa shape index (κ3) is 8.37. The van der Waals surface area contributed by atoms with Gasteiger partial charge in [-0.15, -0.1) is 0 Å². The smallest absolute Gasteiger partial charge is 0.251 e. The van der Waals surface area contributed by atoms with Gasteiger partial charge in [0.15, 0.2) is 5.16 Å². The number of morpholine rings is 1. The highest BCUT2D eigenvalue weighted by atomic mass is 32.2. The Morgan fingerprint density at radius 2 is 1.67 bits per heavy atom. The Hall–Kier alpha value is -4.48. The summed E-state index contributed by atoms with van der Waals surface area (Å²) in [7, 11) is 1.56. The summed E-state index contributed by atoms with van der Waals surface area (Å²) in [5, 5.41) is 3.45. The third-order valence-electron chi connectivity index (χ3n) is 7.41. The van der Waals surface area contributed by atoms with Gasteiger partial charge in [-0.05, 0) is 67.9 Å². The lowest BCUT2D eigenvalue weighted by Crippen LogP contribution is -2.42. The number of nitrogens with zero attached hydrogens (tertiary/aromatic N) is 4. The summed E-state index contributed by atoms with van der Waals surface area (Å²) in [6.07, 6.45) is 0. The number of hydrogen-bond acceptors (Lipinski definition) is 8. The number of benzene rings is 3. The molecular formula is C34H36FN5O4S. The highest BCUT2D eigenvalue weighted by molar-refractivity contribution is 7.99. The fraction of sp³-hybridized carbons (Fsp3) is 0.294. The SMILES string of the molecule is COc1ccc(C(C(=O)Nc2ccc(N3CCOCC3)cc2)N(Cc2ccccc2F)C(=O)CSc2nc(C)cc(C)n2)cc1. The molecule has 2 amide bonds. The predicted molar refractivity (Wildman–Crippen MR) is 173 cm³/mol. The van der Waals surface area contributed by atoms with Crippen molar-refractivity contribution in [1.82, 2.24) is 14.9 Å². The van der Waals surface area contributed by atoms with Gasteiger partial charge in [-0.3, -0.25) is 9.59 Å². The largest absolute Gasteiger partial charge is 0.497 e. The molecular weight excluding hydrogens is 593 g/mol. The average molecular weight is 630 g/mol. The van der Waals surface area contributed by atoms with Crippen LogP contribution in [-0.4, -0.2) is 65.8 Å². The number of nitrogens with one attached hydrogen (secondary N) is 1. The first-order chi connectivity index (χ1) is 21.8. The summed E-state index contributed by atoms with van der Waals surface area (Å²) in [6, 6.07) is 21.6. The Kier molecular flexibility index (Phi) is 10.6. The van der Waals surface area contributed by atoms with Crippen LogP contribution in [0.1, 0.15) is 28.6 Å². The second-order valence-corrected chi connectivity index (χ2v) is 11.6. The van der Waals surface area contributed by atoms with Crippen LogP contribution in [0.4, 0.5) is 15.8 Å². The number of rotatable bonds is 11. The molecule has 0 aliphatic carbocycles. The molecule has 1 aromatic heterocycles. The van der Waals surface area contributed by atoms with Crippen molar-refractivity contribution in [2.75, 3.05) is 49.4 Å². The van der Waals surface area contributed by atoms with E-state index in [0.717, 1.165) is 30.2 Å². The lowest BCUT2D eigenvalue weighted by molar-refractivity contribution is -0.137.